The van der Waals surface area contributed by atoms with Gasteiger partial charge in [-0.3, -0.25) is 9.59 Å². The zero-order chi connectivity index (χ0) is 44.3. The molecule has 2 amide bonds. The maximum atomic E-state index is 13.5. The summed E-state index contributed by atoms with van der Waals surface area (Å²) in [5.74, 6) is 2.25. The van der Waals surface area contributed by atoms with E-state index in [0.29, 0.717) is 34.5 Å². The summed E-state index contributed by atoms with van der Waals surface area (Å²) in [5, 5.41) is 12.4. The number of hydrogen-bond donors (Lipinski definition) is 3. The number of rotatable bonds is 13. The molecule has 3 N–H and O–H groups in total. The summed E-state index contributed by atoms with van der Waals surface area (Å²) in [5.41, 5.74) is 10.6. The van der Waals surface area contributed by atoms with Crippen molar-refractivity contribution in [1.29, 1.82) is 0 Å². The molecule has 0 radical (unpaired) electrons. The van der Waals surface area contributed by atoms with E-state index in [-0.39, 0.29) is 31.2 Å². The molecule has 0 spiro atoms. The van der Waals surface area contributed by atoms with Crippen LogP contribution in [-0.4, -0.2) is 93.1 Å². The molecule has 1 aliphatic carbocycles. The number of nitrogens with zero attached hydrogens (tertiary/aromatic N) is 4. The molecule has 0 bridgehead atoms. The van der Waals surface area contributed by atoms with Gasteiger partial charge in [-0.2, -0.15) is 0 Å². The van der Waals surface area contributed by atoms with Crippen LogP contribution >= 0.6 is 0 Å². The minimum atomic E-state index is -4.29. The van der Waals surface area contributed by atoms with E-state index in [1.165, 1.54) is 16.7 Å². The van der Waals surface area contributed by atoms with Crippen LogP contribution in [0.5, 0.6) is 0 Å². The summed E-state index contributed by atoms with van der Waals surface area (Å²) in [6.45, 7) is 7.27. The Labute approximate surface area is 364 Å². The molecule has 62 heavy (non-hydrogen) atoms. The van der Waals surface area contributed by atoms with Crippen molar-refractivity contribution in [3.8, 4) is 12.3 Å². The topological polar surface area (TPSA) is 159 Å². The number of allylic oxidation sites excluding steroid dienone is 5. The molecule has 0 atom stereocenters. The van der Waals surface area contributed by atoms with Gasteiger partial charge in [0.2, 0.25) is 5.91 Å². The molecule has 2 heterocycles. The monoisotopic (exact) mass is 863 g/mol. The van der Waals surface area contributed by atoms with Gasteiger partial charge in [0, 0.05) is 78.0 Å². The predicted octanol–water partition coefficient (Wildman–Crippen LogP) is 6.27. The molecule has 0 unspecified atom stereocenters. The van der Waals surface area contributed by atoms with E-state index in [9.17, 15) is 22.6 Å². The molecule has 12 nitrogen and oxygen atoms in total. The normalized spacial score (nSPS) is 14.0. The molecule has 14 heteroatoms. The Balaban J connectivity index is 1.07. The zero-order valence-electron chi connectivity index (χ0n) is 35.7. The second-order valence-electron chi connectivity index (χ2n) is 16.3. The number of benzene rings is 4. The molecule has 0 saturated carbocycles. The van der Waals surface area contributed by atoms with Crippen molar-refractivity contribution in [2.24, 2.45) is 0 Å². The summed E-state index contributed by atoms with van der Waals surface area (Å²) in [7, 11) is -0.592. The lowest BCUT2D eigenvalue weighted by molar-refractivity contribution is -0.462. The molecule has 7 rings (SSSR count). The Morgan fingerprint density at radius 2 is 1.74 bits per heavy atom. The summed E-state index contributed by atoms with van der Waals surface area (Å²) in [6, 6.07) is 25.0. The van der Waals surface area contributed by atoms with Crippen molar-refractivity contribution in [2.45, 2.75) is 32.9 Å². The number of aromatic nitrogens is 2. The van der Waals surface area contributed by atoms with E-state index in [1.807, 2.05) is 93.6 Å². The lowest BCUT2D eigenvalue weighted by Gasteiger charge is -2.38. The van der Waals surface area contributed by atoms with Crippen molar-refractivity contribution in [2.75, 3.05) is 55.5 Å². The highest BCUT2D eigenvalue weighted by Gasteiger charge is 2.40. The van der Waals surface area contributed by atoms with E-state index in [2.05, 4.69) is 79.9 Å². The average Bonchev–Trinajstić information content (AvgIpc) is 3.23. The first kappa shape index (κ1) is 43.4. The summed E-state index contributed by atoms with van der Waals surface area (Å²) < 4.78 is 35.9. The fraction of sp³-hybridized carbons (Fsp3) is 0.229. The molecular weight excluding hydrogens is 815 g/mol. The van der Waals surface area contributed by atoms with E-state index in [4.69, 9.17) is 6.42 Å². The van der Waals surface area contributed by atoms with Gasteiger partial charge in [0.15, 0.2) is 5.71 Å². The first-order chi connectivity index (χ1) is 29.5. The number of hydrogen-bond acceptors (Lipinski definition) is 9. The third kappa shape index (κ3) is 9.45. The fourth-order valence-electron chi connectivity index (χ4n) is 8.00. The van der Waals surface area contributed by atoms with Gasteiger partial charge in [0.05, 0.1) is 15.6 Å². The van der Waals surface area contributed by atoms with Gasteiger partial charge >= 0.3 is 0 Å². The molecule has 2 aliphatic rings. The third-order valence-corrected chi connectivity index (χ3v) is 15.7. The Morgan fingerprint density at radius 1 is 0.952 bits per heavy atom. The number of terminal acetylenes is 1. The maximum absolute atomic E-state index is 13.5. The molecule has 0 saturated heterocycles. The second-order valence-corrected chi connectivity index (χ2v) is 22.1. The highest BCUT2D eigenvalue weighted by Crippen LogP contribution is 2.43. The van der Waals surface area contributed by atoms with Crippen LogP contribution in [0.2, 0.25) is 13.1 Å². The minimum absolute atomic E-state index is 0.0607. The largest absolute Gasteiger partial charge is 0.748 e. The van der Waals surface area contributed by atoms with Crippen LogP contribution in [0.1, 0.15) is 45.5 Å². The number of carbonyl (C=O) groups is 2. The molecular formula is C48H49N7O5SSi. The number of fused-ring (bicyclic) bond motifs is 3. The summed E-state index contributed by atoms with van der Waals surface area (Å²) in [6.07, 6.45) is 14.0. The lowest BCUT2D eigenvalue weighted by atomic mass is 9.87. The van der Waals surface area contributed by atoms with Crippen LogP contribution in [0, 0.1) is 19.3 Å². The number of amides is 2. The first-order valence-electron chi connectivity index (χ1n) is 20.3. The molecule has 4 aromatic carbocycles. The lowest BCUT2D eigenvalue weighted by Crippen LogP contribution is -2.50. The Morgan fingerprint density at radius 3 is 2.48 bits per heavy atom. The van der Waals surface area contributed by atoms with Gasteiger partial charge in [-0.15, -0.1) is 6.42 Å². The number of carbonyl (C=O) groups excluding carboxylic acids is 2. The summed E-state index contributed by atoms with van der Waals surface area (Å²) in [4.78, 5) is 37.3. The fourth-order valence-corrected chi connectivity index (χ4v) is 11.5. The molecule has 0 fully saturated rings. The van der Waals surface area contributed by atoms with Crippen molar-refractivity contribution in [1.82, 2.24) is 15.3 Å². The van der Waals surface area contributed by atoms with Crippen LogP contribution in [0.15, 0.2) is 114 Å². The van der Waals surface area contributed by atoms with Crippen molar-refractivity contribution in [3.63, 3.8) is 0 Å². The third-order valence-electron chi connectivity index (χ3n) is 11.3. The van der Waals surface area contributed by atoms with E-state index >= 15 is 0 Å². The van der Waals surface area contributed by atoms with Gasteiger partial charge in [-0.25, -0.2) is 23.0 Å². The van der Waals surface area contributed by atoms with E-state index in [0.717, 1.165) is 50.5 Å². The van der Waals surface area contributed by atoms with Gasteiger partial charge in [0.25, 0.3) is 5.91 Å². The van der Waals surface area contributed by atoms with E-state index < -0.39 is 23.9 Å². The maximum Gasteiger partial charge on any atom is 0.251 e. The standard InChI is InChI=1S/C48H49N7O5SSi/c1-8-32-11-9-12-34(26-32)53-47-41-27-35(14-20-42(41)50-30-51-47)52-45(56)21-22-49-48(57)33-13-17-38(31(2)25-33)46-39-18-15-36(54(3)4)28-43(39)62(6,7)44-29-37(16-19-40(44)46)55(5)23-10-24-61(58,59)60/h1,9,11-20,25-30,49H,10,21-24H2,2-7H3,(H2,57,58,59,60). The quantitative estimate of drug-likeness (QED) is 0.0537. The van der Waals surface area contributed by atoms with Gasteiger partial charge in [-0.05, 0) is 118 Å². The highest BCUT2D eigenvalue weighted by atomic mass is 32.2. The van der Waals surface area contributed by atoms with Crippen molar-refractivity contribution < 1.29 is 27.1 Å². The van der Waals surface area contributed by atoms with Gasteiger partial charge in [0.1, 0.15) is 34.3 Å². The Bertz CT molecular complexity index is 2920. The van der Waals surface area contributed by atoms with Gasteiger partial charge in [-0.1, -0.05) is 37.2 Å². The first-order valence-corrected chi connectivity index (χ1v) is 24.9. The number of anilines is 4. The second kappa shape index (κ2) is 17.7. The minimum Gasteiger partial charge on any atom is -0.748 e. The molecule has 5 aromatic rings. The number of nitrogens with one attached hydrogen (secondary N) is 3. The summed E-state index contributed by atoms with van der Waals surface area (Å²) >= 11 is 0. The molecule has 1 aromatic heterocycles. The number of aryl methyl sites for hydroxylation is 1. The highest BCUT2D eigenvalue weighted by molar-refractivity contribution is 7.85. The average molecular weight is 864 g/mol. The Hall–Kier alpha value is -6.66. The smallest absolute Gasteiger partial charge is 0.251 e. The molecule has 316 valence electrons. The van der Waals surface area contributed by atoms with Crippen LogP contribution in [0.4, 0.5) is 22.9 Å². The van der Waals surface area contributed by atoms with Gasteiger partial charge < -0.3 is 25.4 Å². The SMILES string of the molecule is C#Cc1cccc(Nc2ncnc3ccc(NC(=O)CCNC(=O)c4ccc(C5=C6C=CC(=[N+](C)C)C=C6[Si](C)(C)c6cc(N(C)CCCS(=O)(=O)[O-])ccc65)c(C)c4)cc23)c1. The van der Waals surface area contributed by atoms with Crippen LogP contribution in [0.3, 0.4) is 0 Å². The van der Waals surface area contributed by atoms with Crippen molar-refractivity contribution >= 4 is 80.3 Å². The van der Waals surface area contributed by atoms with Crippen LogP contribution in [0.25, 0.3) is 16.5 Å². The van der Waals surface area contributed by atoms with Crippen LogP contribution < -0.4 is 26.0 Å². The van der Waals surface area contributed by atoms with Crippen molar-refractivity contribution in [3.05, 3.63) is 142 Å². The van der Waals surface area contributed by atoms with E-state index in [1.54, 1.807) is 6.07 Å². The predicted molar refractivity (Wildman–Crippen MR) is 250 cm³/mol. The molecule has 1 aliphatic heterocycles. The zero-order valence-corrected chi connectivity index (χ0v) is 37.5. The Kier molecular flexibility index (Phi) is 12.4. The van der Waals surface area contributed by atoms with Crippen LogP contribution in [-0.2, 0) is 14.9 Å².